The van der Waals surface area contributed by atoms with Crippen LogP contribution in [0.15, 0.2) is 47.5 Å². The van der Waals surface area contributed by atoms with Crippen LogP contribution >= 0.6 is 11.3 Å². The largest absolute Gasteiger partial charge is 0.383 e. The SMILES string of the molecule is C=CCN(c1nccs1)S(=O)(=O)c1ccc(N2CCC(O)C2=O)nc1.CC. The maximum absolute atomic E-state index is 12.9. The molecule has 0 aliphatic carbocycles. The van der Waals surface area contributed by atoms with Crippen molar-refractivity contribution in [2.75, 3.05) is 22.3 Å². The fraction of sp³-hybridized carbons (Fsp3) is 0.353. The summed E-state index contributed by atoms with van der Waals surface area (Å²) in [7, 11) is -3.86. The Balaban J connectivity index is 0.00000126. The molecule has 0 bridgehead atoms. The lowest BCUT2D eigenvalue weighted by Gasteiger charge is -2.20. The smallest absolute Gasteiger partial charge is 0.267 e. The van der Waals surface area contributed by atoms with Gasteiger partial charge in [0.25, 0.3) is 15.9 Å². The number of sulfonamides is 1. The second kappa shape index (κ2) is 9.07. The zero-order valence-electron chi connectivity index (χ0n) is 15.1. The molecule has 2 aromatic heterocycles. The Morgan fingerprint density at radius 2 is 2.15 bits per heavy atom. The average Bonchev–Trinajstić information content (AvgIpc) is 3.32. The van der Waals surface area contributed by atoms with Crippen LogP contribution in [-0.4, -0.2) is 48.6 Å². The summed E-state index contributed by atoms with van der Waals surface area (Å²) in [6.45, 7) is 8.01. The topological polar surface area (TPSA) is 104 Å². The van der Waals surface area contributed by atoms with Gasteiger partial charge in [-0.15, -0.1) is 17.9 Å². The molecule has 0 radical (unpaired) electrons. The first-order chi connectivity index (χ1) is 12.9. The summed E-state index contributed by atoms with van der Waals surface area (Å²) in [6, 6.07) is 2.84. The van der Waals surface area contributed by atoms with Gasteiger partial charge in [0, 0.05) is 30.7 Å². The van der Waals surface area contributed by atoms with E-state index in [1.807, 2.05) is 13.8 Å². The number of carbonyl (C=O) groups excluding carboxylic acids is 1. The molecule has 1 N–H and O–H groups in total. The quantitative estimate of drug-likeness (QED) is 0.731. The molecular weight excluding hydrogens is 388 g/mol. The molecule has 1 unspecified atom stereocenters. The molecule has 2 aromatic rings. The Hall–Kier alpha value is -2.30. The normalized spacial score (nSPS) is 16.6. The Kier molecular flexibility index (Phi) is 7.05. The highest BCUT2D eigenvalue weighted by Gasteiger charge is 2.32. The summed E-state index contributed by atoms with van der Waals surface area (Å²) in [5.41, 5.74) is 0. The zero-order chi connectivity index (χ0) is 20.0. The summed E-state index contributed by atoms with van der Waals surface area (Å²) in [5, 5.41) is 11.5. The van der Waals surface area contributed by atoms with Crippen molar-refractivity contribution in [3.8, 4) is 0 Å². The van der Waals surface area contributed by atoms with E-state index in [1.165, 1.54) is 46.8 Å². The molecule has 3 heterocycles. The number of hydrogen-bond acceptors (Lipinski definition) is 7. The predicted octanol–water partition coefficient (Wildman–Crippen LogP) is 2.04. The molecule has 1 fully saturated rings. The third-order valence-corrected chi connectivity index (χ3v) is 6.34. The van der Waals surface area contributed by atoms with E-state index < -0.39 is 22.0 Å². The van der Waals surface area contributed by atoms with Crippen LogP contribution in [0.2, 0.25) is 0 Å². The lowest BCUT2D eigenvalue weighted by molar-refractivity contribution is -0.124. The van der Waals surface area contributed by atoms with Gasteiger partial charge in [-0.2, -0.15) is 0 Å². The summed E-state index contributed by atoms with van der Waals surface area (Å²) in [6.07, 6.45) is 3.50. The number of thiazole rings is 1. The van der Waals surface area contributed by atoms with Gasteiger partial charge in [-0.05, 0) is 12.1 Å². The number of carbonyl (C=O) groups is 1. The van der Waals surface area contributed by atoms with Gasteiger partial charge < -0.3 is 5.11 Å². The molecule has 0 spiro atoms. The molecular formula is C17H22N4O4S2. The highest BCUT2D eigenvalue weighted by Crippen LogP contribution is 2.26. The fourth-order valence-corrected chi connectivity index (χ4v) is 4.66. The first kappa shape index (κ1) is 21.0. The van der Waals surface area contributed by atoms with Gasteiger partial charge in [0.1, 0.15) is 16.8 Å². The first-order valence-electron chi connectivity index (χ1n) is 8.44. The molecule has 146 valence electrons. The minimum Gasteiger partial charge on any atom is -0.383 e. The molecule has 0 saturated carbocycles. The molecule has 1 aliphatic rings. The second-order valence-electron chi connectivity index (χ2n) is 5.29. The third kappa shape index (κ3) is 4.34. The lowest BCUT2D eigenvalue weighted by atomic mass is 10.3. The van der Waals surface area contributed by atoms with Crippen LogP contribution < -0.4 is 9.21 Å². The maximum Gasteiger partial charge on any atom is 0.267 e. The molecule has 1 amide bonds. The Bertz CT molecular complexity index is 867. The molecule has 3 rings (SSSR count). The first-order valence-corrected chi connectivity index (χ1v) is 10.8. The lowest BCUT2D eigenvalue weighted by Crippen LogP contribution is -2.32. The fourth-order valence-electron chi connectivity index (χ4n) is 2.44. The van der Waals surface area contributed by atoms with Crippen molar-refractivity contribution in [2.24, 2.45) is 0 Å². The molecule has 10 heteroatoms. The standard InChI is InChI=1S/C15H16N4O4S2.C2H6/c1-2-7-19(15-16-6-9-24-15)25(22,23)11-3-4-13(17-10-11)18-8-5-12(20)14(18)21;1-2/h2-4,6,9-10,12,20H,1,5,7-8H2;1-2H3. The summed E-state index contributed by atoms with van der Waals surface area (Å²) >= 11 is 1.20. The summed E-state index contributed by atoms with van der Waals surface area (Å²) in [5.74, 6) is -0.121. The Labute approximate surface area is 162 Å². The van der Waals surface area contributed by atoms with Crippen molar-refractivity contribution in [2.45, 2.75) is 31.3 Å². The van der Waals surface area contributed by atoms with Crippen molar-refractivity contribution in [1.29, 1.82) is 0 Å². The van der Waals surface area contributed by atoms with Crippen molar-refractivity contribution < 1.29 is 18.3 Å². The predicted molar refractivity (Wildman–Crippen MR) is 105 cm³/mol. The van der Waals surface area contributed by atoms with E-state index in [0.717, 1.165) is 4.31 Å². The van der Waals surface area contributed by atoms with Crippen molar-refractivity contribution in [1.82, 2.24) is 9.97 Å². The molecule has 8 nitrogen and oxygen atoms in total. The number of aromatic nitrogens is 2. The third-order valence-electron chi connectivity index (χ3n) is 3.69. The van der Waals surface area contributed by atoms with Gasteiger partial charge in [-0.25, -0.2) is 22.7 Å². The number of aliphatic hydroxyl groups excluding tert-OH is 1. The van der Waals surface area contributed by atoms with Crippen LogP contribution in [0.25, 0.3) is 0 Å². The average molecular weight is 411 g/mol. The van der Waals surface area contributed by atoms with Crippen LogP contribution in [0.5, 0.6) is 0 Å². The van der Waals surface area contributed by atoms with E-state index in [0.29, 0.717) is 23.9 Å². The Morgan fingerprint density at radius 3 is 2.63 bits per heavy atom. The summed E-state index contributed by atoms with van der Waals surface area (Å²) < 4.78 is 26.9. The van der Waals surface area contributed by atoms with E-state index in [2.05, 4.69) is 16.5 Å². The number of amides is 1. The highest BCUT2D eigenvalue weighted by molar-refractivity contribution is 7.93. The Morgan fingerprint density at radius 1 is 1.41 bits per heavy atom. The van der Waals surface area contributed by atoms with Gasteiger partial charge in [0.2, 0.25) is 0 Å². The number of anilines is 2. The monoisotopic (exact) mass is 410 g/mol. The van der Waals surface area contributed by atoms with Gasteiger partial charge >= 0.3 is 0 Å². The molecule has 1 aliphatic heterocycles. The maximum atomic E-state index is 12.9. The van der Waals surface area contributed by atoms with E-state index in [-0.39, 0.29) is 11.4 Å². The van der Waals surface area contributed by atoms with Crippen LogP contribution in [-0.2, 0) is 14.8 Å². The number of hydrogen-bond donors (Lipinski definition) is 1. The van der Waals surface area contributed by atoms with Gasteiger partial charge in [0.05, 0.1) is 6.54 Å². The van der Waals surface area contributed by atoms with Crippen molar-refractivity contribution in [3.05, 3.63) is 42.6 Å². The van der Waals surface area contributed by atoms with E-state index >= 15 is 0 Å². The number of rotatable bonds is 6. The van der Waals surface area contributed by atoms with Gasteiger partial charge in [-0.1, -0.05) is 19.9 Å². The molecule has 27 heavy (non-hydrogen) atoms. The van der Waals surface area contributed by atoms with Gasteiger partial charge in [0.15, 0.2) is 5.13 Å². The van der Waals surface area contributed by atoms with Crippen molar-refractivity contribution in [3.63, 3.8) is 0 Å². The van der Waals surface area contributed by atoms with Crippen LogP contribution in [0, 0.1) is 0 Å². The number of pyridine rings is 1. The zero-order valence-corrected chi connectivity index (χ0v) is 16.8. The van der Waals surface area contributed by atoms with Crippen LogP contribution in [0.4, 0.5) is 10.9 Å². The van der Waals surface area contributed by atoms with E-state index in [1.54, 1.807) is 5.38 Å². The van der Waals surface area contributed by atoms with E-state index in [9.17, 15) is 18.3 Å². The summed E-state index contributed by atoms with van der Waals surface area (Å²) in [4.78, 5) is 21.3. The van der Waals surface area contributed by atoms with E-state index in [4.69, 9.17) is 0 Å². The molecule has 0 aromatic carbocycles. The molecule has 1 saturated heterocycles. The van der Waals surface area contributed by atoms with Gasteiger partial charge in [-0.3, -0.25) is 9.69 Å². The molecule has 1 atom stereocenters. The number of nitrogens with zero attached hydrogens (tertiary/aromatic N) is 4. The van der Waals surface area contributed by atoms with Crippen LogP contribution in [0.3, 0.4) is 0 Å². The number of aliphatic hydroxyl groups is 1. The minimum atomic E-state index is -3.86. The van der Waals surface area contributed by atoms with Crippen LogP contribution in [0.1, 0.15) is 20.3 Å². The highest BCUT2D eigenvalue weighted by atomic mass is 32.2. The minimum absolute atomic E-state index is 0.0134. The van der Waals surface area contributed by atoms with Crippen molar-refractivity contribution >= 4 is 38.2 Å². The second-order valence-corrected chi connectivity index (χ2v) is 8.02.